The van der Waals surface area contributed by atoms with Gasteiger partial charge in [0.1, 0.15) is 11.6 Å². The van der Waals surface area contributed by atoms with E-state index in [1.54, 1.807) is 19.1 Å². The Balaban J connectivity index is 1.81. The van der Waals surface area contributed by atoms with Crippen molar-refractivity contribution in [1.82, 2.24) is 5.32 Å². The van der Waals surface area contributed by atoms with Gasteiger partial charge in [0, 0.05) is 6.54 Å². The van der Waals surface area contributed by atoms with E-state index in [2.05, 4.69) is 5.32 Å². The van der Waals surface area contributed by atoms with Gasteiger partial charge in [-0.2, -0.15) is 0 Å². The van der Waals surface area contributed by atoms with Crippen LogP contribution >= 0.6 is 0 Å². The molecule has 0 saturated heterocycles. The lowest BCUT2D eigenvalue weighted by Crippen LogP contribution is -2.36. The third-order valence-corrected chi connectivity index (χ3v) is 3.69. The molecule has 132 valence electrons. The molecule has 1 amide bonds. The fourth-order valence-corrected chi connectivity index (χ4v) is 2.13. The molecule has 0 aliphatic carbocycles. The number of carbonyl (C=O) groups is 2. The molecule has 2 aromatic carbocycles. The zero-order valence-corrected chi connectivity index (χ0v) is 14.0. The molecular weight excluding hydrogens is 328 g/mol. The lowest BCUT2D eigenvalue weighted by atomic mass is 10.1. The number of aryl methyl sites for hydroxylation is 1. The topological polar surface area (TPSA) is 55.4 Å². The second-order valence-electron chi connectivity index (χ2n) is 5.68. The number of amides is 1. The van der Waals surface area contributed by atoms with Crippen molar-refractivity contribution in [3.05, 3.63) is 70.8 Å². The molecule has 2 rings (SSSR count). The number of nitrogens with one attached hydrogen (secondary N) is 1. The van der Waals surface area contributed by atoms with Crippen LogP contribution < -0.4 is 5.32 Å². The van der Waals surface area contributed by atoms with E-state index in [1.807, 2.05) is 0 Å². The van der Waals surface area contributed by atoms with Crippen molar-refractivity contribution in [2.75, 3.05) is 6.54 Å². The summed E-state index contributed by atoms with van der Waals surface area (Å²) in [6.07, 6.45) is -0.486. The van der Waals surface area contributed by atoms with E-state index in [9.17, 15) is 18.4 Å². The van der Waals surface area contributed by atoms with Crippen LogP contribution in [0.1, 0.15) is 28.4 Å². The summed E-state index contributed by atoms with van der Waals surface area (Å²) in [5, 5.41) is 2.64. The average molecular weight is 347 g/mol. The van der Waals surface area contributed by atoms with Crippen LogP contribution in [0.25, 0.3) is 0 Å². The van der Waals surface area contributed by atoms with E-state index >= 15 is 0 Å². The second kappa shape index (κ2) is 8.37. The quantitative estimate of drug-likeness (QED) is 0.817. The highest BCUT2D eigenvalue weighted by Crippen LogP contribution is 2.11. The summed E-state index contributed by atoms with van der Waals surface area (Å²) < 4.78 is 31.3. The Hall–Kier alpha value is -2.76. The van der Waals surface area contributed by atoms with Crippen LogP contribution in [0.2, 0.25) is 0 Å². The molecule has 1 atom stereocenters. The van der Waals surface area contributed by atoms with Gasteiger partial charge in [0.25, 0.3) is 5.91 Å². The number of rotatable bonds is 6. The van der Waals surface area contributed by atoms with Crippen LogP contribution in [-0.4, -0.2) is 24.5 Å². The number of hydrogen-bond acceptors (Lipinski definition) is 3. The molecule has 0 aromatic heterocycles. The van der Waals surface area contributed by atoms with E-state index in [0.29, 0.717) is 18.5 Å². The Labute approximate surface area is 144 Å². The standard InChI is InChI=1S/C19H19F2NO3/c1-12-3-6-15(11-17(12)21)19(24)25-13(2)18(23)22-10-9-14-4-7-16(20)8-5-14/h3-8,11,13H,9-10H2,1-2H3,(H,22,23)/t13-/m0/s1. The Kier molecular flexibility index (Phi) is 6.22. The molecule has 0 unspecified atom stereocenters. The average Bonchev–Trinajstić information content (AvgIpc) is 2.58. The fourth-order valence-electron chi connectivity index (χ4n) is 2.13. The highest BCUT2D eigenvalue weighted by molar-refractivity contribution is 5.92. The first-order chi connectivity index (χ1) is 11.9. The lowest BCUT2D eigenvalue weighted by Gasteiger charge is -2.14. The van der Waals surface area contributed by atoms with Gasteiger partial charge in [-0.1, -0.05) is 18.2 Å². The van der Waals surface area contributed by atoms with Gasteiger partial charge >= 0.3 is 5.97 Å². The maximum atomic E-state index is 13.5. The largest absolute Gasteiger partial charge is 0.449 e. The van der Waals surface area contributed by atoms with Gasteiger partial charge in [-0.25, -0.2) is 13.6 Å². The predicted octanol–water partition coefficient (Wildman–Crippen LogP) is 3.18. The molecule has 2 aromatic rings. The molecule has 0 spiro atoms. The first-order valence-electron chi connectivity index (χ1n) is 7.86. The lowest BCUT2D eigenvalue weighted by molar-refractivity contribution is -0.129. The molecule has 0 fully saturated rings. The number of hydrogen-bond donors (Lipinski definition) is 1. The molecule has 0 saturated carbocycles. The zero-order chi connectivity index (χ0) is 18.4. The first-order valence-corrected chi connectivity index (χ1v) is 7.86. The maximum Gasteiger partial charge on any atom is 0.339 e. The normalized spacial score (nSPS) is 11.7. The summed E-state index contributed by atoms with van der Waals surface area (Å²) in [5.41, 5.74) is 1.35. The van der Waals surface area contributed by atoms with E-state index in [4.69, 9.17) is 4.74 Å². The molecule has 4 nitrogen and oxygen atoms in total. The second-order valence-corrected chi connectivity index (χ2v) is 5.68. The first kappa shape index (κ1) is 18.6. The summed E-state index contributed by atoms with van der Waals surface area (Å²) in [5.74, 6) is -2.05. The molecule has 0 bridgehead atoms. The number of esters is 1. The van der Waals surface area contributed by atoms with E-state index < -0.39 is 23.8 Å². The van der Waals surface area contributed by atoms with Crippen molar-refractivity contribution < 1.29 is 23.1 Å². The van der Waals surface area contributed by atoms with Crippen LogP contribution in [0.4, 0.5) is 8.78 Å². The van der Waals surface area contributed by atoms with E-state index in [0.717, 1.165) is 11.6 Å². The van der Waals surface area contributed by atoms with Crippen LogP contribution in [0, 0.1) is 18.6 Å². The van der Waals surface area contributed by atoms with Crippen LogP contribution in [0.5, 0.6) is 0 Å². The Morgan fingerprint density at radius 2 is 1.80 bits per heavy atom. The molecule has 0 radical (unpaired) electrons. The minimum Gasteiger partial charge on any atom is -0.449 e. The molecule has 0 aliphatic rings. The van der Waals surface area contributed by atoms with E-state index in [1.165, 1.54) is 31.2 Å². The predicted molar refractivity (Wildman–Crippen MR) is 89.1 cm³/mol. The van der Waals surface area contributed by atoms with Gasteiger partial charge in [0.2, 0.25) is 0 Å². The highest BCUT2D eigenvalue weighted by atomic mass is 19.1. The van der Waals surface area contributed by atoms with Crippen molar-refractivity contribution in [1.29, 1.82) is 0 Å². The van der Waals surface area contributed by atoms with Gasteiger partial charge in [-0.05, 0) is 55.7 Å². The van der Waals surface area contributed by atoms with Crippen LogP contribution in [0.15, 0.2) is 42.5 Å². The molecule has 0 heterocycles. The minimum absolute atomic E-state index is 0.0501. The third-order valence-electron chi connectivity index (χ3n) is 3.69. The van der Waals surface area contributed by atoms with E-state index in [-0.39, 0.29) is 11.4 Å². The Bertz CT molecular complexity index is 760. The molecular formula is C19H19F2NO3. The van der Waals surface area contributed by atoms with Gasteiger partial charge in [-0.15, -0.1) is 0 Å². The Morgan fingerprint density at radius 3 is 2.44 bits per heavy atom. The molecule has 1 N–H and O–H groups in total. The summed E-state index contributed by atoms with van der Waals surface area (Å²) in [6.45, 7) is 3.35. The summed E-state index contributed by atoms with van der Waals surface area (Å²) in [6, 6.07) is 9.97. The number of halogens is 2. The molecule has 6 heteroatoms. The van der Waals surface area contributed by atoms with Crippen molar-refractivity contribution in [2.24, 2.45) is 0 Å². The number of benzene rings is 2. The van der Waals surface area contributed by atoms with Crippen molar-refractivity contribution in [2.45, 2.75) is 26.4 Å². The number of ether oxygens (including phenoxy) is 1. The van der Waals surface area contributed by atoms with Crippen LogP contribution in [-0.2, 0) is 16.0 Å². The SMILES string of the molecule is Cc1ccc(C(=O)O[C@@H](C)C(=O)NCCc2ccc(F)cc2)cc1F. The van der Waals surface area contributed by atoms with Gasteiger partial charge in [-0.3, -0.25) is 4.79 Å². The number of carbonyl (C=O) groups excluding carboxylic acids is 2. The smallest absolute Gasteiger partial charge is 0.339 e. The summed E-state index contributed by atoms with van der Waals surface area (Å²) >= 11 is 0. The van der Waals surface area contributed by atoms with Gasteiger partial charge in [0.15, 0.2) is 6.10 Å². The minimum atomic E-state index is -1.01. The van der Waals surface area contributed by atoms with Gasteiger partial charge in [0.05, 0.1) is 5.56 Å². The highest BCUT2D eigenvalue weighted by Gasteiger charge is 2.19. The van der Waals surface area contributed by atoms with Crippen molar-refractivity contribution in [3.63, 3.8) is 0 Å². The van der Waals surface area contributed by atoms with Gasteiger partial charge < -0.3 is 10.1 Å². The summed E-state index contributed by atoms with van der Waals surface area (Å²) in [4.78, 5) is 23.9. The van der Waals surface area contributed by atoms with Crippen molar-refractivity contribution >= 4 is 11.9 Å². The zero-order valence-electron chi connectivity index (χ0n) is 14.0. The van der Waals surface area contributed by atoms with Crippen LogP contribution in [0.3, 0.4) is 0 Å². The van der Waals surface area contributed by atoms with Crippen molar-refractivity contribution in [3.8, 4) is 0 Å². The Morgan fingerprint density at radius 1 is 1.12 bits per heavy atom. The molecule has 25 heavy (non-hydrogen) atoms. The maximum absolute atomic E-state index is 13.5. The molecule has 0 aliphatic heterocycles. The summed E-state index contributed by atoms with van der Waals surface area (Å²) in [7, 11) is 0. The monoisotopic (exact) mass is 347 g/mol. The third kappa shape index (κ3) is 5.38. The fraction of sp³-hybridized carbons (Fsp3) is 0.263.